The number of hydrogen-bond donors (Lipinski definition) is 1. The van der Waals surface area contributed by atoms with Crippen LogP contribution < -0.4 is 0 Å². The van der Waals surface area contributed by atoms with Gasteiger partial charge in [-0.1, -0.05) is 72.4 Å². The Morgan fingerprint density at radius 2 is 1.59 bits per heavy atom. The number of amides is 1. The lowest BCUT2D eigenvalue weighted by molar-refractivity contribution is -0.149. The zero-order valence-corrected chi connectivity index (χ0v) is 15.6. The molecule has 3 rings (SSSR count). The van der Waals surface area contributed by atoms with Crippen LogP contribution in [0.15, 0.2) is 60.7 Å². The zero-order valence-electron chi connectivity index (χ0n) is 14.8. The predicted octanol–water partition coefficient (Wildman–Crippen LogP) is 3.77. The van der Waals surface area contributed by atoms with Crippen molar-refractivity contribution >= 4 is 28.8 Å². The van der Waals surface area contributed by atoms with Gasteiger partial charge in [0.15, 0.2) is 0 Å². The molecular weight excluding hydrogens is 362 g/mol. The van der Waals surface area contributed by atoms with E-state index in [4.69, 9.17) is 0 Å². The molecule has 1 aliphatic rings. The van der Waals surface area contributed by atoms with E-state index in [1.807, 2.05) is 36.4 Å². The second-order valence-corrected chi connectivity index (χ2v) is 7.48. The average molecular weight is 383 g/mol. The van der Waals surface area contributed by atoms with Crippen LogP contribution in [0.2, 0.25) is 0 Å². The quantitative estimate of drug-likeness (QED) is 0.822. The fourth-order valence-corrected chi connectivity index (χ4v) is 4.19. The average Bonchev–Trinajstić information content (AvgIpc) is 3.15. The van der Waals surface area contributed by atoms with E-state index < -0.39 is 12.0 Å². The Balaban J connectivity index is 1.65. The van der Waals surface area contributed by atoms with E-state index in [0.29, 0.717) is 24.2 Å². The van der Waals surface area contributed by atoms with E-state index in [9.17, 15) is 19.5 Å². The Hall–Kier alpha value is -2.60. The SMILES string of the molecule is O=C(SCCC(=O)N1[C@@H](c2ccccc2)CC[C@H]1C(=O)O)c1ccccc1. The van der Waals surface area contributed by atoms with Crippen LogP contribution in [0.5, 0.6) is 0 Å². The van der Waals surface area contributed by atoms with Gasteiger partial charge in [0.1, 0.15) is 6.04 Å². The zero-order chi connectivity index (χ0) is 19.2. The van der Waals surface area contributed by atoms with Crippen LogP contribution in [0.1, 0.15) is 41.2 Å². The number of carbonyl (C=O) groups is 3. The third-order valence-corrected chi connectivity index (χ3v) is 5.61. The summed E-state index contributed by atoms with van der Waals surface area (Å²) in [4.78, 5) is 38.0. The van der Waals surface area contributed by atoms with Gasteiger partial charge >= 0.3 is 5.97 Å². The molecule has 0 saturated carbocycles. The van der Waals surface area contributed by atoms with Crippen LogP contribution in [0, 0.1) is 0 Å². The molecule has 2 aromatic carbocycles. The minimum Gasteiger partial charge on any atom is -0.480 e. The van der Waals surface area contributed by atoms with Gasteiger partial charge in [-0.2, -0.15) is 0 Å². The molecule has 0 aromatic heterocycles. The number of carboxylic acids is 1. The van der Waals surface area contributed by atoms with Crippen LogP contribution in [0.25, 0.3) is 0 Å². The maximum absolute atomic E-state index is 12.8. The number of hydrogen-bond acceptors (Lipinski definition) is 4. The van der Waals surface area contributed by atoms with Crippen LogP contribution in [-0.4, -0.2) is 38.8 Å². The lowest BCUT2D eigenvalue weighted by Crippen LogP contribution is -2.42. The highest BCUT2D eigenvalue weighted by Gasteiger charge is 2.41. The molecule has 2 atom stereocenters. The Morgan fingerprint density at radius 3 is 2.22 bits per heavy atom. The van der Waals surface area contributed by atoms with Crippen molar-refractivity contribution in [2.24, 2.45) is 0 Å². The van der Waals surface area contributed by atoms with E-state index in [1.165, 1.54) is 4.90 Å². The number of carbonyl (C=O) groups excluding carboxylic acids is 2. The van der Waals surface area contributed by atoms with Gasteiger partial charge in [-0.15, -0.1) is 0 Å². The molecular formula is C21H21NO4S. The van der Waals surface area contributed by atoms with Crippen molar-refractivity contribution in [3.05, 3.63) is 71.8 Å². The van der Waals surface area contributed by atoms with Crippen molar-refractivity contribution < 1.29 is 19.5 Å². The third kappa shape index (κ3) is 4.57. The van der Waals surface area contributed by atoms with Gasteiger partial charge in [-0.05, 0) is 18.4 Å². The van der Waals surface area contributed by atoms with Crippen LogP contribution >= 0.6 is 11.8 Å². The highest BCUT2D eigenvalue weighted by atomic mass is 32.2. The summed E-state index contributed by atoms with van der Waals surface area (Å²) >= 11 is 1.09. The molecule has 0 unspecified atom stereocenters. The summed E-state index contributed by atoms with van der Waals surface area (Å²) in [5, 5.41) is 9.42. The minimum absolute atomic E-state index is 0.0841. The second-order valence-electron chi connectivity index (χ2n) is 6.41. The van der Waals surface area contributed by atoms with Gasteiger partial charge in [0.2, 0.25) is 11.0 Å². The maximum Gasteiger partial charge on any atom is 0.326 e. The van der Waals surface area contributed by atoms with Gasteiger partial charge < -0.3 is 10.0 Å². The van der Waals surface area contributed by atoms with Crippen LogP contribution in [0.4, 0.5) is 0 Å². The number of aliphatic carboxylic acids is 1. The van der Waals surface area contributed by atoms with E-state index in [0.717, 1.165) is 17.3 Å². The van der Waals surface area contributed by atoms with Crippen molar-refractivity contribution in [1.82, 2.24) is 4.90 Å². The standard InChI is InChI=1S/C21H21NO4S/c23-19(13-14-27-21(26)16-9-5-2-6-10-16)22-17(11-12-18(22)20(24)25)15-7-3-1-4-8-15/h1-10,17-18H,11-14H2,(H,24,25)/t17-,18+/m1/s1. The summed E-state index contributed by atoms with van der Waals surface area (Å²) in [6.45, 7) is 0. The van der Waals surface area contributed by atoms with E-state index in [2.05, 4.69) is 0 Å². The topological polar surface area (TPSA) is 74.7 Å². The molecule has 27 heavy (non-hydrogen) atoms. The highest BCUT2D eigenvalue weighted by molar-refractivity contribution is 8.14. The smallest absolute Gasteiger partial charge is 0.326 e. The number of nitrogens with zero attached hydrogens (tertiary/aromatic N) is 1. The van der Waals surface area contributed by atoms with E-state index in [1.54, 1.807) is 24.3 Å². The molecule has 0 bridgehead atoms. The molecule has 0 aliphatic carbocycles. The molecule has 0 spiro atoms. The molecule has 1 heterocycles. The van der Waals surface area contributed by atoms with Gasteiger partial charge in [0.25, 0.3) is 0 Å². The summed E-state index contributed by atoms with van der Waals surface area (Å²) < 4.78 is 0. The summed E-state index contributed by atoms with van der Waals surface area (Å²) in [5.41, 5.74) is 1.55. The molecule has 2 aromatic rings. The Morgan fingerprint density at radius 1 is 0.963 bits per heavy atom. The fourth-order valence-electron chi connectivity index (χ4n) is 3.42. The molecule has 5 nitrogen and oxygen atoms in total. The number of carboxylic acid groups (broad SMARTS) is 1. The van der Waals surface area contributed by atoms with Gasteiger partial charge in [0.05, 0.1) is 6.04 Å². The normalized spacial score (nSPS) is 19.0. The van der Waals surface area contributed by atoms with Crippen LogP contribution in [0.3, 0.4) is 0 Å². The number of likely N-dealkylation sites (tertiary alicyclic amines) is 1. The van der Waals surface area contributed by atoms with Gasteiger partial charge in [-0.3, -0.25) is 9.59 Å². The third-order valence-electron chi connectivity index (χ3n) is 4.70. The van der Waals surface area contributed by atoms with Crippen LogP contribution in [-0.2, 0) is 9.59 Å². The monoisotopic (exact) mass is 383 g/mol. The first-order valence-corrected chi connectivity index (χ1v) is 9.87. The summed E-state index contributed by atoms with van der Waals surface area (Å²) in [7, 11) is 0. The van der Waals surface area contributed by atoms with E-state index >= 15 is 0 Å². The molecule has 140 valence electrons. The number of benzene rings is 2. The predicted molar refractivity (Wildman–Crippen MR) is 105 cm³/mol. The first-order chi connectivity index (χ1) is 13.1. The molecule has 1 fully saturated rings. The number of thioether (sulfide) groups is 1. The highest BCUT2D eigenvalue weighted by Crippen LogP contribution is 2.36. The number of rotatable bonds is 6. The van der Waals surface area contributed by atoms with Gasteiger partial charge in [0, 0.05) is 17.7 Å². The molecule has 1 amide bonds. The summed E-state index contributed by atoms with van der Waals surface area (Å²) in [5.74, 6) is -0.867. The summed E-state index contributed by atoms with van der Waals surface area (Å²) in [6, 6.07) is 17.4. The van der Waals surface area contributed by atoms with E-state index in [-0.39, 0.29) is 23.5 Å². The van der Waals surface area contributed by atoms with Crippen molar-refractivity contribution in [2.75, 3.05) is 5.75 Å². The Kier molecular flexibility index (Phi) is 6.29. The molecule has 0 radical (unpaired) electrons. The lowest BCUT2D eigenvalue weighted by Gasteiger charge is -2.28. The van der Waals surface area contributed by atoms with Crippen molar-refractivity contribution in [3.63, 3.8) is 0 Å². The Labute approximate surface area is 162 Å². The summed E-state index contributed by atoms with van der Waals surface area (Å²) in [6.07, 6.45) is 1.20. The van der Waals surface area contributed by atoms with Crippen molar-refractivity contribution in [1.29, 1.82) is 0 Å². The molecule has 1 saturated heterocycles. The molecule has 6 heteroatoms. The van der Waals surface area contributed by atoms with Gasteiger partial charge in [-0.25, -0.2) is 4.79 Å². The van der Waals surface area contributed by atoms with Crippen molar-refractivity contribution in [2.45, 2.75) is 31.3 Å². The molecule has 1 aliphatic heterocycles. The van der Waals surface area contributed by atoms with Crippen molar-refractivity contribution in [3.8, 4) is 0 Å². The largest absolute Gasteiger partial charge is 0.480 e. The maximum atomic E-state index is 12.8. The fraction of sp³-hybridized carbons (Fsp3) is 0.286. The Bertz CT molecular complexity index is 809. The minimum atomic E-state index is -0.977. The molecule has 1 N–H and O–H groups in total. The lowest BCUT2D eigenvalue weighted by atomic mass is 10.0. The second kappa shape index (κ2) is 8.86. The first-order valence-electron chi connectivity index (χ1n) is 8.89. The first kappa shape index (κ1) is 19.2.